The SMILES string of the molecule is O=C(NCC1(c2ccccc2)CC(O)C1)Nc1ncccn1. The van der Waals surface area contributed by atoms with Crippen LogP contribution in [0.25, 0.3) is 0 Å². The van der Waals surface area contributed by atoms with Gasteiger partial charge >= 0.3 is 6.03 Å². The quantitative estimate of drug-likeness (QED) is 0.801. The van der Waals surface area contributed by atoms with Gasteiger partial charge in [-0.25, -0.2) is 14.8 Å². The second kappa shape index (κ2) is 6.11. The van der Waals surface area contributed by atoms with Crippen LogP contribution in [0.4, 0.5) is 10.7 Å². The molecule has 0 bridgehead atoms. The first kappa shape index (κ1) is 14.5. The van der Waals surface area contributed by atoms with Crippen LogP contribution in [0.5, 0.6) is 0 Å². The molecule has 0 unspecified atom stereocenters. The molecular weight excluding hydrogens is 280 g/mol. The largest absolute Gasteiger partial charge is 0.393 e. The van der Waals surface area contributed by atoms with Gasteiger partial charge in [0.15, 0.2) is 0 Å². The highest BCUT2D eigenvalue weighted by atomic mass is 16.3. The number of urea groups is 1. The molecule has 6 heteroatoms. The number of hydrogen-bond acceptors (Lipinski definition) is 4. The Morgan fingerprint density at radius 2 is 1.86 bits per heavy atom. The van der Waals surface area contributed by atoms with E-state index in [2.05, 4.69) is 20.6 Å². The summed E-state index contributed by atoms with van der Waals surface area (Å²) < 4.78 is 0. The lowest BCUT2D eigenvalue weighted by Gasteiger charge is -2.46. The summed E-state index contributed by atoms with van der Waals surface area (Å²) >= 11 is 0. The molecule has 3 N–H and O–H groups in total. The third kappa shape index (κ3) is 3.07. The molecule has 1 aromatic heterocycles. The molecule has 1 aliphatic rings. The molecule has 1 saturated carbocycles. The lowest BCUT2D eigenvalue weighted by Crippen LogP contribution is -2.52. The summed E-state index contributed by atoms with van der Waals surface area (Å²) in [4.78, 5) is 19.8. The first-order valence-electron chi connectivity index (χ1n) is 7.23. The molecule has 3 rings (SSSR count). The van der Waals surface area contributed by atoms with Gasteiger partial charge < -0.3 is 10.4 Å². The minimum Gasteiger partial charge on any atom is -0.393 e. The van der Waals surface area contributed by atoms with Gasteiger partial charge in [0, 0.05) is 24.4 Å². The van der Waals surface area contributed by atoms with Gasteiger partial charge in [0.05, 0.1) is 6.10 Å². The van der Waals surface area contributed by atoms with Crippen LogP contribution in [-0.2, 0) is 5.41 Å². The summed E-state index contributed by atoms with van der Waals surface area (Å²) in [6.45, 7) is 0.465. The van der Waals surface area contributed by atoms with Gasteiger partial charge in [0.1, 0.15) is 0 Å². The summed E-state index contributed by atoms with van der Waals surface area (Å²) in [5.41, 5.74) is 0.937. The lowest BCUT2D eigenvalue weighted by atomic mass is 9.62. The maximum absolute atomic E-state index is 11.9. The summed E-state index contributed by atoms with van der Waals surface area (Å²) in [6, 6.07) is 11.3. The van der Waals surface area contributed by atoms with Crippen LogP contribution < -0.4 is 10.6 Å². The average Bonchev–Trinajstić information content (AvgIpc) is 2.52. The van der Waals surface area contributed by atoms with Crippen LogP contribution in [0, 0.1) is 0 Å². The summed E-state index contributed by atoms with van der Waals surface area (Å²) in [7, 11) is 0. The fourth-order valence-electron chi connectivity index (χ4n) is 2.87. The standard InChI is InChI=1S/C16H18N4O2/c21-13-9-16(10-13,12-5-2-1-3-6-12)11-19-15(22)20-14-17-7-4-8-18-14/h1-8,13,21H,9-11H2,(H2,17,18,19,20,22). The molecule has 2 aromatic rings. The molecule has 1 aliphatic carbocycles. The second-order valence-electron chi connectivity index (χ2n) is 5.59. The molecule has 1 aromatic carbocycles. The molecule has 1 fully saturated rings. The second-order valence-corrected chi connectivity index (χ2v) is 5.59. The van der Waals surface area contributed by atoms with Crippen molar-refractivity contribution in [2.45, 2.75) is 24.4 Å². The van der Waals surface area contributed by atoms with Crippen molar-refractivity contribution in [1.29, 1.82) is 0 Å². The van der Waals surface area contributed by atoms with Gasteiger partial charge in [-0.1, -0.05) is 30.3 Å². The lowest BCUT2D eigenvalue weighted by molar-refractivity contribution is 0.0193. The minimum absolute atomic E-state index is 0.199. The van der Waals surface area contributed by atoms with E-state index in [1.165, 1.54) is 0 Å². The number of rotatable bonds is 4. The molecule has 6 nitrogen and oxygen atoms in total. The summed E-state index contributed by atoms with van der Waals surface area (Å²) in [5, 5.41) is 15.1. The number of aliphatic hydroxyl groups is 1. The van der Waals surface area contributed by atoms with E-state index in [1.54, 1.807) is 18.5 Å². The smallest absolute Gasteiger partial charge is 0.321 e. The van der Waals surface area contributed by atoms with E-state index in [4.69, 9.17) is 0 Å². The van der Waals surface area contributed by atoms with Crippen molar-refractivity contribution >= 4 is 12.0 Å². The average molecular weight is 298 g/mol. The van der Waals surface area contributed by atoms with E-state index in [1.807, 2.05) is 30.3 Å². The number of carbonyl (C=O) groups excluding carboxylic acids is 1. The molecule has 0 atom stereocenters. The van der Waals surface area contributed by atoms with Crippen LogP contribution in [0.1, 0.15) is 18.4 Å². The number of nitrogens with one attached hydrogen (secondary N) is 2. The summed E-state index contributed by atoms with van der Waals surface area (Å²) in [5.74, 6) is 0.266. The van der Waals surface area contributed by atoms with Crippen molar-refractivity contribution in [1.82, 2.24) is 15.3 Å². The van der Waals surface area contributed by atoms with Gasteiger partial charge in [-0.2, -0.15) is 0 Å². The van der Waals surface area contributed by atoms with E-state index in [0.29, 0.717) is 19.4 Å². The number of amides is 2. The van der Waals surface area contributed by atoms with Crippen LogP contribution >= 0.6 is 0 Å². The van der Waals surface area contributed by atoms with Crippen LogP contribution in [0.2, 0.25) is 0 Å². The van der Waals surface area contributed by atoms with Crippen molar-refractivity contribution in [3.05, 3.63) is 54.4 Å². The first-order chi connectivity index (χ1) is 10.7. The maximum Gasteiger partial charge on any atom is 0.321 e. The zero-order valence-electron chi connectivity index (χ0n) is 12.1. The Kier molecular flexibility index (Phi) is 4.02. The zero-order chi connectivity index (χ0) is 15.4. The molecule has 0 radical (unpaired) electrons. The van der Waals surface area contributed by atoms with Crippen molar-refractivity contribution in [3.63, 3.8) is 0 Å². The first-order valence-corrected chi connectivity index (χ1v) is 7.23. The normalized spacial score (nSPS) is 23.4. The number of carbonyl (C=O) groups is 1. The number of aromatic nitrogens is 2. The Morgan fingerprint density at radius 1 is 1.18 bits per heavy atom. The van der Waals surface area contributed by atoms with Gasteiger partial charge in [-0.05, 0) is 24.5 Å². The molecule has 0 saturated heterocycles. The molecule has 1 heterocycles. The fraction of sp³-hybridized carbons (Fsp3) is 0.312. The van der Waals surface area contributed by atoms with Crippen molar-refractivity contribution in [3.8, 4) is 0 Å². The topological polar surface area (TPSA) is 87.1 Å². The highest BCUT2D eigenvalue weighted by Gasteiger charge is 2.44. The Labute approximate surface area is 128 Å². The number of benzene rings is 1. The molecule has 0 spiro atoms. The predicted octanol–water partition coefficient (Wildman–Crippen LogP) is 1.69. The van der Waals surface area contributed by atoms with Crippen molar-refractivity contribution in [2.75, 3.05) is 11.9 Å². The van der Waals surface area contributed by atoms with E-state index in [0.717, 1.165) is 5.56 Å². The highest BCUT2D eigenvalue weighted by Crippen LogP contribution is 2.43. The Bertz CT molecular complexity index is 627. The highest BCUT2D eigenvalue weighted by molar-refractivity contribution is 5.87. The van der Waals surface area contributed by atoms with E-state index in [-0.39, 0.29) is 23.5 Å². The van der Waals surface area contributed by atoms with Gasteiger partial charge in [-0.15, -0.1) is 0 Å². The van der Waals surface area contributed by atoms with Crippen molar-refractivity contribution in [2.24, 2.45) is 0 Å². The molecule has 114 valence electrons. The number of nitrogens with zero attached hydrogens (tertiary/aromatic N) is 2. The monoisotopic (exact) mass is 298 g/mol. The molecule has 22 heavy (non-hydrogen) atoms. The molecular formula is C16H18N4O2. The summed E-state index contributed by atoms with van der Waals surface area (Å²) in [6.07, 6.45) is 4.13. The van der Waals surface area contributed by atoms with Crippen LogP contribution in [0.3, 0.4) is 0 Å². The van der Waals surface area contributed by atoms with Crippen LogP contribution in [0.15, 0.2) is 48.8 Å². The van der Waals surface area contributed by atoms with Gasteiger partial charge in [0.2, 0.25) is 5.95 Å². The zero-order valence-corrected chi connectivity index (χ0v) is 12.1. The fourth-order valence-corrected chi connectivity index (χ4v) is 2.87. The van der Waals surface area contributed by atoms with Crippen LogP contribution in [-0.4, -0.2) is 33.8 Å². The molecule has 0 aliphatic heterocycles. The number of aliphatic hydroxyl groups excluding tert-OH is 1. The molecule has 2 amide bonds. The minimum atomic E-state index is -0.345. The predicted molar refractivity (Wildman–Crippen MR) is 82.4 cm³/mol. The maximum atomic E-state index is 11.9. The van der Waals surface area contributed by atoms with Gasteiger partial charge in [0.25, 0.3) is 0 Å². The number of anilines is 1. The third-order valence-electron chi connectivity index (χ3n) is 4.02. The van der Waals surface area contributed by atoms with E-state index >= 15 is 0 Å². The van der Waals surface area contributed by atoms with E-state index < -0.39 is 0 Å². The Balaban J connectivity index is 1.62. The third-order valence-corrected chi connectivity index (χ3v) is 4.02. The van der Waals surface area contributed by atoms with Crippen molar-refractivity contribution < 1.29 is 9.90 Å². The number of hydrogen-bond donors (Lipinski definition) is 3. The van der Waals surface area contributed by atoms with Gasteiger partial charge in [-0.3, -0.25) is 5.32 Å². The van der Waals surface area contributed by atoms with E-state index in [9.17, 15) is 9.90 Å². The Hall–Kier alpha value is -2.47. The Morgan fingerprint density at radius 3 is 2.50 bits per heavy atom.